The van der Waals surface area contributed by atoms with E-state index in [2.05, 4.69) is 0 Å². The van der Waals surface area contributed by atoms with E-state index in [9.17, 15) is 14.4 Å². The van der Waals surface area contributed by atoms with E-state index in [0.717, 1.165) is 0 Å². The van der Waals surface area contributed by atoms with Crippen molar-refractivity contribution in [2.45, 2.75) is 52.2 Å². The second-order valence-electron chi connectivity index (χ2n) is 5.48. The molecule has 116 valence electrons. The van der Waals surface area contributed by atoms with Crippen molar-refractivity contribution in [2.75, 3.05) is 13.7 Å². The van der Waals surface area contributed by atoms with Gasteiger partial charge < -0.3 is 19.5 Å². The Bertz CT molecular complexity index is 342. The molecule has 0 spiro atoms. The molecule has 0 heterocycles. The average molecular weight is 289 g/mol. The number of likely N-dealkylation sites (N-methyl/N-ethyl adjacent to an activating group) is 1. The molecule has 0 bridgehead atoms. The van der Waals surface area contributed by atoms with E-state index in [1.807, 2.05) is 0 Å². The molecule has 0 aliphatic heterocycles. The number of ether oxygens (including phenoxy) is 2. The maximum absolute atomic E-state index is 11.9. The Morgan fingerprint density at radius 3 is 2.20 bits per heavy atom. The van der Waals surface area contributed by atoms with Crippen molar-refractivity contribution in [1.82, 2.24) is 4.90 Å². The van der Waals surface area contributed by atoms with E-state index in [-0.39, 0.29) is 19.4 Å². The zero-order chi connectivity index (χ0) is 15.9. The Balaban J connectivity index is 4.67. The molecule has 1 atom stereocenters. The van der Waals surface area contributed by atoms with Gasteiger partial charge in [0, 0.05) is 20.4 Å². The summed E-state index contributed by atoms with van der Waals surface area (Å²) < 4.78 is 10.0. The molecule has 1 amide bonds. The van der Waals surface area contributed by atoms with Crippen LogP contribution in [0.3, 0.4) is 0 Å². The number of carbonyl (C=O) groups excluding carboxylic acids is 2. The van der Waals surface area contributed by atoms with Gasteiger partial charge in [-0.05, 0) is 27.2 Å². The van der Waals surface area contributed by atoms with Crippen molar-refractivity contribution >= 4 is 18.0 Å². The van der Waals surface area contributed by atoms with Crippen LogP contribution >= 0.6 is 0 Å². The zero-order valence-electron chi connectivity index (χ0n) is 12.6. The van der Waals surface area contributed by atoms with Gasteiger partial charge >= 0.3 is 18.0 Å². The van der Waals surface area contributed by atoms with Gasteiger partial charge in [-0.25, -0.2) is 4.79 Å². The van der Waals surface area contributed by atoms with Crippen LogP contribution in [0.5, 0.6) is 0 Å². The van der Waals surface area contributed by atoms with Crippen molar-refractivity contribution in [3.63, 3.8) is 0 Å². The van der Waals surface area contributed by atoms with Gasteiger partial charge in [-0.3, -0.25) is 9.59 Å². The van der Waals surface area contributed by atoms with Crippen molar-refractivity contribution in [3.8, 4) is 0 Å². The van der Waals surface area contributed by atoms with Crippen LogP contribution in [0.25, 0.3) is 0 Å². The van der Waals surface area contributed by atoms with Crippen LogP contribution in [0.4, 0.5) is 4.79 Å². The minimum atomic E-state index is -0.976. The number of hydrogen-bond acceptors (Lipinski definition) is 5. The number of hydrogen-bond donors (Lipinski definition) is 1. The molecule has 0 saturated carbocycles. The molecule has 0 saturated heterocycles. The molecule has 7 heteroatoms. The first-order chi connectivity index (χ1) is 9.03. The van der Waals surface area contributed by atoms with E-state index in [4.69, 9.17) is 14.6 Å². The van der Waals surface area contributed by atoms with Gasteiger partial charge in [0.1, 0.15) is 12.2 Å². The quantitative estimate of drug-likeness (QED) is 0.747. The fraction of sp³-hybridized carbons (Fsp3) is 0.769. The van der Waals surface area contributed by atoms with Crippen LogP contribution in [-0.2, 0) is 19.1 Å². The van der Waals surface area contributed by atoms with E-state index < -0.39 is 29.7 Å². The van der Waals surface area contributed by atoms with Gasteiger partial charge in [0.2, 0.25) is 0 Å². The lowest BCUT2D eigenvalue weighted by Crippen LogP contribution is -2.43. The minimum absolute atomic E-state index is 0.0572. The summed E-state index contributed by atoms with van der Waals surface area (Å²) in [5.41, 5.74) is -0.649. The van der Waals surface area contributed by atoms with Gasteiger partial charge in [-0.1, -0.05) is 0 Å². The summed E-state index contributed by atoms with van der Waals surface area (Å²) in [5.74, 6) is -1.46. The highest BCUT2D eigenvalue weighted by atomic mass is 16.6. The summed E-state index contributed by atoms with van der Waals surface area (Å²) in [5, 5.41) is 8.70. The maximum atomic E-state index is 11.9. The molecule has 0 aromatic carbocycles. The molecule has 7 nitrogen and oxygen atoms in total. The van der Waals surface area contributed by atoms with Gasteiger partial charge in [-0.15, -0.1) is 0 Å². The van der Waals surface area contributed by atoms with Crippen LogP contribution in [-0.4, -0.2) is 53.3 Å². The molecule has 0 aromatic heterocycles. The first-order valence-electron chi connectivity index (χ1n) is 6.34. The molecule has 20 heavy (non-hydrogen) atoms. The second-order valence-corrected chi connectivity index (χ2v) is 5.48. The lowest BCUT2D eigenvalue weighted by Gasteiger charge is -2.30. The zero-order valence-corrected chi connectivity index (χ0v) is 12.6. The molecule has 1 N–H and O–H groups in total. The predicted octanol–water partition coefficient (Wildman–Crippen LogP) is 1.65. The lowest BCUT2D eigenvalue weighted by atomic mass is 10.1. The number of rotatable bonds is 6. The molecule has 0 rings (SSSR count). The van der Waals surface area contributed by atoms with Crippen LogP contribution in [0, 0.1) is 0 Å². The number of amides is 1. The fourth-order valence-electron chi connectivity index (χ4n) is 1.38. The Morgan fingerprint density at radius 2 is 1.80 bits per heavy atom. The largest absolute Gasteiger partial charge is 0.481 e. The molecule has 0 aliphatic rings. The smallest absolute Gasteiger partial charge is 0.410 e. The predicted molar refractivity (Wildman–Crippen MR) is 71.3 cm³/mol. The number of esters is 1. The van der Waals surface area contributed by atoms with Crippen LogP contribution < -0.4 is 0 Å². The third-order valence-electron chi connectivity index (χ3n) is 2.40. The third kappa shape index (κ3) is 8.34. The van der Waals surface area contributed by atoms with E-state index in [1.165, 1.54) is 18.9 Å². The average Bonchev–Trinajstić information content (AvgIpc) is 2.25. The topological polar surface area (TPSA) is 93.1 Å². The molecule has 0 aromatic rings. The molecule has 1 unspecified atom stereocenters. The number of carbonyl (C=O) groups is 3. The Hall–Kier alpha value is -1.79. The first kappa shape index (κ1) is 18.2. The minimum Gasteiger partial charge on any atom is -0.481 e. The van der Waals surface area contributed by atoms with Gasteiger partial charge in [0.15, 0.2) is 0 Å². The fourth-order valence-corrected chi connectivity index (χ4v) is 1.38. The molecular weight excluding hydrogens is 266 g/mol. The molecule has 0 radical (unpaired) electrons. The maximum Gasteiger partial charge on any atom is 0.410 e. The normalized spacial score (nSPS) is 12.4. The van der Waals surface area contributed by atoms with Crippen LogP contribution in [0.2, 0.25) is 0 Å². The summed E-state index contributed by atoms with van der Waals surface area (Å²) in [7, 11) is 1.49. The van der Waals surface area contributed by atoms with E-state index >= 15 is 0 Å². The third-order valence-corrected chi connectivity index (χ3v) is 2.40. The van der Waals surface area contributed by atoms with Crippen molar-refractivity contribution < 1.29 is 29.0 Å². The summed E-state index contributed by atoms with van der Waals surface area (Å²) in [6.07, 6.45) is -0.530. The van der Waals surface area contributed by atoms with Crippen LogP contribution in [0.1, 0.15) is 40.5 Å². The molecular formula is C13H23NO6. The van der Waals surface area contributed by atoms with Crippen molar-refractivity contribution in [1.29, 1.82) is 0 Å². The number of aliphatic carboxylic acids is 1. The summed E-state index contributed by atoms with van der Waals surface area (Å²) in [4.78, 5) is 34.6. The Kier molecular flexibility index (Phi) is 7.02. The van der Waals surface area contributed by atoms with Gasteiger partial charge in [-0.2, -0.15) is 0 Å². The lowest BCUT2D eigenvalue weighted by molar-refractivity contribution is -0.142. The van der Waals surface area contributed by atoms with Crippen molar-refractivity contribution in [2.24, 2.45) is 0 Å². The van der Waals surface area contributed by atoms with Crippen LogP contribution in [0.15, 0.2) is 0 Å². The standard InChI is InChI=1S/C13H23NO6/c1-9(15)19-8-10(6-7-11(16)17)14(5)12(18)20-13(2,3)4/h10H,6-8H2,1-5H3,(H,16,17). The Labute approximate surface area is 118 Å². The highest BCUT2D eigenvalue weighted by Crippen LogP contribution is 2.13. The Morgan fingerprint density at radius 1 is 1.25 bits per heavy atom. The summed E-state index contributed by atoms with van der Waals surface area (Å²) in [6, 6.07) is -0.537. The number of nitrogens with zero attached hydrogens (tertiary/aromatic N) is 1. The summed E-state index contributed by atoms with van der Waals surface area (Å²) >= 11 is 0. The highest BCUT2D eigenvalue weighted by molar-refractivity contribution is 5.69. The van der Waals surface area contributed by atoms with Gasteiger partial charge in [0.05, 0.1) is 6.04 Å². The highest BCUT2D eigenvalue weighted by Gasteiger charge is 2.26. The van der Waals surface area contributed by atoms with Gasteiger partial charge in [0.25, 0.3) is 0 Å². The monoisotopic (exact) mass is 289 g/mol. The van der Waals surface area contributed by atoms with E-state index in [0.29, 0.717) is 0 Å². The van der Waals surface area contributed by atoms with Crippen molar-refractivity contribution in [3.05, 3.63) is 0 Å². The molecule has 0 aliphatic carbocycles. The molecule has 0 fully saturated rings. The number of carboxylic acids is 1. The number of carboxylic acid groups (broad SMARTS) is 1. The second kappa shape index (κ2) is 7.72. The van der Waals surface area contributed by atoms with E-state index in [1.54, 1.807) is 20.8 Å². The summed E-state index contributed by atoms with van der Waals surface area (Å²) in [6.45, 7) is 6.39. The SMILES string of the molecule is CC(=O)OCC(CCC(=O)O)N(C)C(=O)OC(C)(C)C. The first-order valence-corrected chi connectivity index (χ1v) is 6.34.